The second-order valence-electron chi connectivity index (χ2n) is 4.94. The summed E-state index contributed by atoms with van der Waals surface area (Å²) in [5.74, 6) is -0.122. The van der Waals surface area contributed by atoms with Crippen LogP contribution in [0.2, 0.25) is 0 Å². The van der Waals surface area contributed by atoms with Crippen LogP contribution in [-0.2, 0) is 6.54 Å². The van der Waals surface area contributed by atoms with Crippen molar-refractivity contribution in [1.29, 1.82) is 0 Å². The second kappa shape index (κ2) is 7.07. The summed E-state index contributed by atoms with van der Waals surface area (Å²) >= 11 is 0. The molecule has 0 amide bonds. The normalized spacial score (nSPS) is 20.5. The third kappa shape index (κ3) is 3.67. The first-order valence-corrected chi connectivity index (χ1v) is 6.40. The molecule has 1 atom stereocenters. The SMILES string of the molecule is Cc1cc(CN2CCCCC2CN)ccc1F.Cl. The lowest BCUT2D eigenvalue weighted by Crippen LogP contribution is -2.43. The van der Waals surface area contributed by atoms with E-state index in [9.17, 15) is 4.39 Å². The Labute approximate surface area is 115 Å². The fourth-order valence-electron chi connectivity index (χ4n) is 2.57. The number of nitrogens with zero attached hydrogens (tertiary/aromatic N) is 1. The Kier molecular flexibility index (Phi) is 6.06. The van der Waals surface area contributed by atoms with E-state index < -0.39 is 0 Å². The van der Waals surface area contributed by atoms with E-state index in [-0.39, 0.29) is 18.2 Å². The van der Waals surface area contributed by atoms with Gasteiger partial charge in [0.25, 0.3) is 0 Å². The van der Waals surface area contributed by atoms with Gasteiger partial charge in [-0.1, -0.05) is 18.6 Å². The van der Waals surface area contributed by atoms with E-state index in [1.54, 1.807) is 6.07 Å². The summed E-state index contributed by atoms with van der Waals surface area (Å²) in [6.45, 7) is 4.54. The number of halogens is 2. The maximum Gasteiger partial charge on any atom is 0.126 e. The van der Waals surface area contributed by atoms with Gasteiger partial charge in [-0.25, -0.2) is 4.39 Å². The summed E-state index contributed by atoms with van der Waals surface area (Å²) in [5.41, 5.74) is 7.71. The maximum atomic E-state index is 13.2. The third-order valence-electron chi connectivity index (χ3n) is 3.63. The van der Waals surface area contributed by atoms with Crippen LogP contribution in [0.3, 0.4) is 0 Å². The highest BCUT2D eigenvalue weighted by atomic mass is 35.5. The molecule has 1 aliphatic rings. The zero-order valence-corrected chi connectivity index (χ0v) is 11.7. The molecule has 0 aliphatic carbocycles. The smallest absolute Gasteiger partial charge is 0.126 e. The molecule has 0 saturated carbocycles. The monoisotopic (exact) mass is 272 g/mol. The van der Waals surface area contributed by atoms with Gasteiger partial charge in [0.05, 0.1) is 0 Å². The second-order valence-corrected chi connectivity index (χ2v) is 4.94. The lowest BCUT2D eigenvalue weighted by atomic mass is 10.0. The number of benzene rings is 1. The van der Waals surface area contributed by atoms with E-state index in [0.717, 1.165) is 25.2 Å². The summed E-state index contributed by atoms with van der Waals surface area (Å²) in [5, 5.41) is 0. The Hall–Kier alpha value is -0.640. The van der Waals surface area contributed by atoms with Crippen LogP contribution in [0, 0.1) is 12.7 Å². The molecule has 1 aromatic rings. The summed E-state index contributed by atoms with van der Waals surface area (Å²) in [7, 11) is 0. The minimum atomic E-state index is -0.122. The Morgan fingerprint density at radius 3 is 2.83 bits per heavy atom. The first kappa shape index (κ1) is 15.4. The van der Waals surface area contributed by atoms with Crippen LogP contribution < -0.4 is 5.73 Å². The maximum absolute atomic E-state index is 13.2. The van der Waals surface area contributed by atoms with Crippen molar-refractivity contribution in [3.63, 3.8) is 0 Å². The van der Waals surface area contributed by atoms with Gasteiger partial charge in [0, 0.05) is 19.1 Å². The van der Waals surface area contributed by atoms with Crippen molar-refractivity contribution >= 4 is 12.4 Å². The van der Waals surface area contributed by atoms with Gasteiger partial charge in [-0.05, 0) is 43.5 Å². The Morgan fingerprint density at radius 1 is 1.39 bits per heavy atom. The van der Waals surface area contributed by atoms with E-state index in [2.05, 4.69) is 4.90 Å². The fraction of sp³-hybridized carbons (Fsp3) is 0.571. The van der Waals surface area contributed by atoms with Gasteiger partial charge in [-0.15, -0.1) is 12.4 Å². The van der Waals surface area contributed by atoms with Gasteiger partial charge >= 0.3 is 0 Å². The van der Waals surface area contributed by atoms with Crippen molar-refractivity contribution in [2.75, 3.05) is 13.1 Å². The van der Waals surface area contributed by atoms with Gasteiger partial charge in [-0.2, -0.15) is 0 Å². The first-order chi connectivity index (χ1) is 8.20. The predicted molar refractivity (Wildman–Crippen MR) is 75.5 cm³/mol. The van der Waals surface area contributed by atoms with Crippen molar-refractivity contribution in [3.8, 4) is 0 Å². The predicted octanol–water partition coefficient (Wildman–Crippen LogP) is 2.87. The molecule has 4 heteroatoms. The van der Waals surface area contributed by atoms with Crippen LogP contribution in [-0.4, -0.2) is 24.0 Å². The zero-order valence-electron chi connectivity index (χ0n) is 10.9. The summed E-state index contributed by atoms with van der Waals surface area (Å²) < 4.78 is 13.2. The number of hydrogen-bond acceptors (Lipinski definition) is 2. The molecule has 1 saturated heterocycles. The van der Waals surface area contributed by atoms with Crippen LogP contribution >= 0.6 is 12.4 Å². The summed E-state index contributed by atoms with van der Waals surface area (Å²) in [4.78, 5) is 2.43. The van der Waals surface area contributed by atoms with Crippen LogP contribution in [0.25, 0.3) is 0 Å². The molecule has 2 nitrogen and oxygen atoms in total. The minimum Gasteiger partial charge on any atom is -0.329 e. The van der Waals surface area contributed by atoms with Crippen LogP contribution in [0.15, 0.2) is 18.2 Å². The number of piperidine rings is 1. The molecular weight excluding hydrogens is 251 g/mol. The molecule has 0 aromatic heterocycles. The molecule has 0 spiro atoms. The lowest BCUT2D eigenvalue weighted by Gasteiger charge is -2.35. The summed E-state index contributed by atoms with van der Waals surface area (Å²) in [6, 6.07) is 5.88. The number of aryl methyl sites for hydroxylation is 1. The van der Waals surface area contributed by atoms with Crippen molar-refractivity contribution < 1.29 is 4.39 Å². The average Bonchev–Trinajstić information content (AvgIpc) is 2.34. The fourth-order valence-corrected chi connectivity index (χ4v) is 2.57. The first-order valence-electron chi connectivity index (χ1n) is 6.40. The van der Waals surface area contributed by atoms with Crippen molar-refractivity contribution in [2.24, 2.45) is 5.73 Å². The topological polar surface area (TPSA) is 29.3 Å². The molecule has 1 unspecified atom stereocenters. The van der Waals surface area contributed by atoms with Gasteiger partial charge in [0.2, 0.25) is 0 Å². The molecule has 102 valence electrons. The molecule has 0 bridgehead atoms. The van der Waals surface area contributed by atoms with Crippen molar-refractivity contribution in [3.05, 3.63) is 35.1 Å². The van der Waals surface area contributed by atoms with Crippen LogP contribution in [0.1, 0.15) is 30.4 Å². The van der Waals surface area contributed by atoms with Crippen LogP contribution in [0.4, 0.5) is 4.39 Å². The zero-order chi connectivity index (χ0) is 12.3. The van der Waals surface area contributed by atoms with E-state index in [1.807, 2.05) is 19.1 Å². The lowest BCUT2D eigenvalue weighted by molar-refractivity contribution is 0.145. The van der Waals surface area contributed by atoms with Gasteiger partial charge < -0.3 is 5.73 Å². The molecule has 1 aliphatic heterocycles. The highest BCUT2D eigenvalue weighted by molar-refractivity contribution is 5.85. The van der Waals surface area contributed by atoms with E-state index in [0.29, 0.717) is 6.04 Å². The van der Waals surface area contributed by atoms with Crippen molar-refractivity contribution in [1.82, 2.24) is 4.90 Å². The Morgan fingerprint density at radius 2 is 2.17 bits per heavy atom. The highest BCUT2D eigenvalue weighted by Crippen LogP contribution is 2.19. The van der Waals surface area contributed by atoms with Gasteiger partial charge in [0.1, 0.15) is 5.82 Å². The van der Waals surface area contributed by atoms with E-state index in [4.69, 9.17) is 5.73 Å². The molecule has 1 heterocycles. The third-order valence-corrected chi connectivity index (χ3v) is 3.63. The molecule has 2 N–H and O–H groups in total. The minimum absolute atomic E-state index is 0. The largest absolute Gasteiger partial charge is 0.329 e. The van der Waals surface area contributed by atoms with Gasteiger partial charge in [-0.3, -0.25) is 4.90 Å². The quantitative estimate of drug-likeness (QED) is 0.917. The molecular formula is C14H22ClFN2. The molecule has 2 rings (SSSR count). The molecule has 1 aromatic carbocycles. The van der Waals surface area contributed by atoms with E-state index >= 15 is 0 Å². The molecule has 0 radical (unpaired) electrons. The Bertz CT molecular complexity index is 384. The number of hydrogen-bond donors (Lipinski definition) is 1. The summed E-state index contributed by atoms with van der Waals surface area (Å²) in [6.07, 6.45) is 3.72. The van der Waals surface area contributed by atoms with E-state index in [1.165, 1.54) is 24.8 Å². The van der Waals surface area contributed by atoms with Crippen molar-refractivity contribution in [2.45, 2.75) is 38.8 Å². The standard InChI is InChI=1S/C14H21FN2.ClH/c1-11-8-12(5-6-14(11)15)10-17-7-3-2-4-13(17)9-16;/h5-6,8,13H,2-4,7,9-10,16H2,1H3;1H. The average molecular weight is 273 g/mol. The molecule has 18 heavy (non-hydrogen) atoms. The number of likely N-dealkylation sites (tertiary alicyclic amines) is 1. The Balaban J connectivity index is 0.00000162. The number of nitrogens with two attached hydrogens (primary N) is 1. The highest BCUT2D eigenvalue weighted by Gasteiger charge is 2.20. The molecule has 1 fully saturated rings. The van der Waals surface area contributed by atoms with Crippen LogP contribution in [0.5, 0.6) is 0 Å². The number of rotatable bonds is 3. The van der Waals surface area contributed by atoms with Gasteiger partial charge in [0.15, 0.2) is 0 Å².